The first-order chi connectivity index (χ1) is 8.81. The molecule has 1 aromatic rings. The highest BCUT2D eigenvalue weighted by atomic mass is 79.9. The molecule has 0 saturated carbocycles. The molecule has 0 spiro atoms. The number of hydrogen-bond acceptors (Lipinski definition) is 3. The number of rotatable bonds is 5. The van der Waals surface area contributed by atoms with E-state index in [1.807, 2.05) is 18.2 Å². The second-order valence-corrected chi connectivity index (χ2v) is 6.24. The van der Waals surface area contributed by atoms with Crippen LogP contribution in [0.4, 0.5) is 5.69 Å². The molecule has 0 saturated heterocycles. The van der Waals surface area contributed by atoms with Crippen LogP contribution in [0.2, 0.25) is 0 Å². The first-order valence-corrected chi connectivity index (χ1v) is 6.99. The van der Waals surface area contributed by atoms with Crippen molar-refractivity contribution in [3.05, 3.63) is 22.7 Å². The summed E-state index contributed by atoms with van der Waals surface area (Å²) >= 11 is 3.37. The van der Waals surface area contributed by atoms with Crippen molar-refractivity contribution in [2.45, 2.75) is 32.7 Å². The molecule has 0 bridgehead atoms. The van der Waals surface area contributed by atoms with Gasteiger partial charge in [-0.05, 0) is 39.0 Å². The van der Waals surface area contributed by atoms with Gasteiger partial charge in [-0.1, -0.05) is 15.9 Å². The fraction of sp³-hybridized carbons (Fsp3) is 0.500. The molecule has 0 aromatic heterocycles. The van der Waals surface area contributed by atoms with E-state index in [1.165, 1.54) is 0 Å². The van der Waals surface area contributed by atoms with E-state index in [9.17, 15) is 4.79 Å². The van der Waals surface area contributed by atoms with Crippen molar-refractivity contribution in [2.24, 2.45) is 0 Å². The number of halogens is 1. The average molecular weight is 329 g/mol. The van der Waals surface area contributed by atoms with Crippen molar-refractivity contribution in [1.82, 2.24) is 5.32 Å². The van der Waals surface area contributed by atoms with E-state index in [-0.39, 0.29) is 11.4 Å². The van der Waals surface area contributed by atoms with Gasteiger partial charge in [-0.2, -0.15) is 0 Å². The predicted molar refractivity (Wildman–Crippen MR) is 81.7 cm³/mol. The maximum Gasteiger partial charge on any atom is 0.225 e. The van der Waals surface area contributed by atoms with Crippen LogP contribution in [0.25, 0.3) is 0 Å². The quantitative estimate of drug-likeness (QED) is 0.872. The minimum Gasteiger partial charge on any atom is -0.495 e. The number of carbonyl (C=O) groups excluding carboxylic acids is 1. The van der Waals surface area contributed by atoms with E-state index in [2.05, 4.69) is 47.3 Å². The zero-order valence-corrected chi connectivity index (χ0v) is 13.4. The maximum atomic E-state index is 11.9. The number of anilines is 1. The first-order valence-electron chi connectivity index (χ1n) is 6.20. The van der Waals surface area contributed by atoms with Crippen LogP contribution in [-0.2, 0) is 4.79 Å². The molecule has 1 aromatic carbocycles. The smallest absolute Gasteiger partial charge is 0.225 e. The third-order valence-electron chi connectivity index (χ3n) is 2.44. The fourth-order valence-electron chi connectivity index (χ4n) is 1.54. The zero-order valence-electron chi connectivity index (χ0n) is 11.8. The molecule has 0 aliphatic rings. The third-order valence-corrected chi connectivity index (χ3v) is 2.94. The molecular formula is C14H21BrN2O2. The minimum absolute atomic E-state index is 0.0216. The van der Waals surface area contributed by atoms with Gasteiger partial charge in [-0.15, -0.1) is 0 Å². The molecular weight excluding hydrogens is 308 g/mol. The number of methoxy groups -OCH3 is 1. The topological polar surface area (TPSA) is 50.4 Å². The van der Waals surface area contributed by atoms with E-state index in [1.54, 1.807) is 7.11 Å². The van der Waals surface area contributed by atoms with Gasteiger partial charge >= 0.3 is 0 Å². The number of carbonyl (C=O) groups is 1. The summed E-state index contributed by atoms with van der Waals surface area (Å²) in [5, 5.41) is 6.13. The Hall–Kier alpha value is -1.07. The monoisotopic (exact) mass is 328 g/mol. The zero-order chi connectivity index (χ0) is 14.5. The van der Waals surface area contributed by atoms with Crippen molar-refractivity contribution in [2.75, 3.05) is 19.0 Å². The van der Waals surface area contributed by atoms with Crippen molar-refractivity contribution >= 4 is 27.5 Å². The molecule has 0 atom stereocenters. The molecule has 19 heavy (non-hydrogen) atoms. The minimum atomic E-state index is -0.0341. The van der Waals surface area contributed by atoms with Crippen LogP contribution in [-0.4, -0.2) is 25.1 Å². The average Bonchev–Trinajstić information content (AvgIpc) is 2.27. The number of hydrogen-bond donors (Lipinski definition) is 2. The van der Waals surface area contributed by atoms with Crippen LogP contribution in [0.15, 0.2) is 22.7 Å². The summed E-state index contributed by atoms with van der Waals surface area (Å²) in [6.45, 7) is 6.86. The van der Waals surface area contributed by atoms with Gasteiger partial charge in [-0.3, -0.25) is 4.79 Å². The molecule has 2 N–H and O–H groups in total. The highest BCUT2D eigenvalue weighted by Crippen LogP contribution is 2.27. The Morgan fingerprint density at radius 1 is 1.37 bits per heavy atom. The fourth-order valence-corrected chi connectivity index (χ4v) is 1.90. The molecule has 0 fully saturated rings. The number of nitrogens with one attached hydrogen (secondary N) is 2. The molecule has 0 aliphatic carbocycles. The highest BCUT2D eigenvalue weighted by Gasteiger charge is 2.11. The Morgan fingerprint density at radius 2 is 2.05 bits per heavy atom. The van der Waals surface area contributed by atoms with Crippen LogP contribution in [0.1, 0.15) is 27.2 Å². The van der Waals surface area contributed by atoms with Crippen LogP contribution in [0, 0.1) is 0 Å². The van der Waals surface area contributed by atoms with Gasteiger partial charge < -0.3 is 15.4 Å². The third kappa shape index (κ3) is 6.07. The maximum absolute atomic E-state index is 11.9. The van der Waals surface area contributed by atoms with E-state index < -0.39 is 0 Å². The van der Waals surface area contributed by atoms with Crippen LogP contribution < -0.4 is 15.4 Å². The summed E-state index contributed by atoms with van der Waals surface area (Å²) in [4.78, 5) is 11.9. The Balaban J connectivity index is 2.55. The van der Waals surface area contributed by atoms with E-state index in [0.29, 0.717) is 24.4 Å². The number of ether oxygens (including phenoxy) is 1. The lowest BCUT2D eigenvalue weighted by atomic mass is 10.1. The lowest BCUT2D eigenvalue weighted by Crippen LogP contribution is -2.37. The van der Waals surface area contributed by atoms with Crippen LogP contribution in [0.5, 0.6) is 5.75 Å². The standard InChI is InChI=1S/C14H21BrN2O2/c1-14(2,3)16-8-7-13(18)17-11-9-10(15)5-6-12(11)19-4/h5-6,9,16H,7-8H2,1-4H3,(H,17,18). The summed E-state index contributed by atoms with van der Waals surface area (Å²) < 4.78 is 6.11. The molecule has 1 amide bonds. The summed E-state index contributed by atoms with van der Waals surface area (Å²) in [7, 11) is 1.58. The van der Waals surface area contributed by atoms with E-state index in [4.69, 9.17) is 4.74 Å². The Morgan fingerprint density at radius 3 is 2.63 bits per heavy atom. The summed E-state index contributed by atoms with van der Waals surface area (Å²) in [6, 6.07) is 5.51. The summed E-state index contributed by atoms with van der Waals surface area (Å²) in [5.74, 6) is 0.619. The van der Waals surface area contributed by atoms with Gasteiger partial charge in [0.15, 0.2) is 0 Å². The van der Waals surface area contributed by atoms with Crippen LogP contribution >= 0.6 is 15.9 Å². The van der Waals surface area contributed by atoms with Crippen LogP contribution in [0.3, 0.4) is 0 Å². The second kappa shape index (κ2) is 6.91. The van der Waals surface area contributed by atoms with Gasteiger partial charge in [0, 0.05) is 23.0 Å². The molecule has 0 unspecified atom stereocenters. The second-order valence-electron chi connectivity index (χ2n) is 5.32. The largest absolute Gasteiger partial charge is 0.495 e. The lowest BCUT2D eigenvalue weighted by Gasteiger charge is -2.20. The van der Waals surface area contributed by atoms with Gasteiger partial charge in [0.1, 0.15) is 5.75 Å². The molecule has 0 aliphatic heterocycles. The molecule has 0 heterocycles. The van der Waals surface area contributed by atoms with Gasteiger partial charge in [0.2, 0.25) is 5.91 Å². The first kappa shape index (κ1) is 16.0. The highest BCUT2D eigenvalue weighted by molar-refractivity contribution is 9.10. The van der Waals surface area contributed by atoms with Crippen molar-refractivity contribution < 1.29 is 9.53 Å². The lowest BCUT2D eigenvalue weighted by molar-refractivity contribution is -0.116. The van der Waals surface area contributed by atoms with Crippen molar-refractivity contribution in [1.29, 1.82) is 0 Å². The molecule has 5 heteroatoms. The molecule has 106 valence electrons. The summed E-state index contributed by atoms with van der Waals surface area (Å²) in [5.41, 5.74) is 0.700. The summed E-state index contributed by atoms with van der Waals surface area (Å²) in [6.07, 6.45) is 0.424. The SMILES string of the molecule is COc1ccc(Br)cc1NC(=O)CCNC(C)(C)C. The Kier molecular flexibility index (Phi) is 5.82. The number of benzene rings is 1. The predicted octanol–water partition coefficient (Wildman–Crippen LogP) is 3.17. The Labute approximate surface area is 123 Å². The Bertz CT molecular complexity index is 442. The molecule has 1 rings (SSSR count). The van der Waals surface area contributed by atoms with Gasteiger partial charge in [0.05, 0.1) is 12.8 Å². The van der Waals surface area contributed by atoms with Crippen molar-refractivity contribution in [3.63, 3.8) is 0 Å². The van der Waals surface area contributed by atoms with E-state index >= 15 is 0 Å². The molecule has 4 nitrogen and oxygen atoms in total. The normalized spacial score (nSPS) is 11.2. The van der Waals surface area contributed by atoms with E-state index in [0.717, 1.165) is 4.47 Å². The van der Waals surface area contributed by atoms with Gasteiger partial charge in [0.25, 0.3) is 0 Å². The number of amides is 1. The van der Waals surface area contributed by atoms with Crippen molar-refractivity contribution in [3.8, 4) is 5.75 Å². The van der Waals surface area contributed by atoms with Gasteiger partial charge in [-0.25, -0.2) is 0 Å². The molecule has 0 radical (unpaired) electrons.